The number of ether oxygens (including phenoxy) is 1. The summed E-state index contributed by atoms with van der Waals surface area (Å²) in [6, 6.07) is 5.95. The van der Waals surface area contributed by atoms with E-state index in [0.29, 0.717) is 29.0 Å². The Morgan fingerprint density at radius 1 is 1.13 bits per heavy atom. The number of carbonyl (C=O) groups is 3. The van der Waals surface area contributed by atoms with Gasteiger partial charge in [-0.05, 0) is 50.3 Å². The maximum absolute atomic E-state index is 12.9. The molecular formula is C23H27NO5S. The summed E-state index contributed by atoms with van der Waals surface area (Å²) in [6.07, 6.45) is 2.67. The van der Waals surface area contributed by atoms with Gasteiger partial charge in [0.25, 0.3) is 0 Å². The number of thiophene rings is 1. The summed E-state index contributed by atoms with van der Waals surface area (Å²) in [5.41, 5.74) is 4.15. The summed E-state index contributed by atoms with van der Waals surface area (Å²) in [5, 5.41) is 14.6. The van der Waals surface area contributed by atoms with Gasteiger partial charge in [0.2, 0.25) is 5.91 Å². The van der Waals surface area contributed by atoms with Gasteiger partial charge in [-0.3, -0.25) is 9.59 Å². The molecule has 7 heteroatoms. The Labute approximate surface area is 180 Å². The number of aliphatic carboxylic acids is 1. The molecule has 1 aliphatic carbocycles. The summed E-state index contributed by atoms with van der Waals surface area (Å²) in [7, 11) is 0. The van der Waals surface area contributed by atoms with Crippen molar-refractivity contribution < 1.29 is 24.2 Å². The molecule has 2 aromatic rings. The van der Waals surface area contributed by atoms with E-state index < -0.39 is 23.8 Å². The number of carboxylic acid groups (broad SMARTS) is 1. The molecule has 0 unspecified atom stereocenters. The van der Waals surface area contributed by atoms with E-state index in [4.69, 9.17) is 4.74 Å². The van der Waals surface area contributed by atoms with Crippen molar-refractivity contribution in [3.8, 4) is 11.1 Å². The van der Waals surface area contributed by atoms with Gasteiger partial charge in [0.05, 0.1) is 18.4 Å². The number of carboxylic acids is 1. The lowest BCUT2D eigenvalue weighted by molar-refractivity contribution is -0.147. The van der Waals surface area contributed by atoms with Gasteiger partial charge in [0, 0.05) is 10.9 Å². The lowest BCUT2D eigenvalue weighted by Gasteiger charge is -2.27. The Morgan fingerprint density at radius 3 is 2.47 bits per heavy atom. The number of hydrogen-bond acceptors (Lipinski definition) is 5. The van der Waals surface area contributed by atoms with E-state index in [-0.39, 0.29) is 12.5 Å². The van der Waals surface area contributed by atoms with Crippen molar-refractivity contribution in [1.82, 2.24) is 0 Å². The summed E-state index contributed by atoms with van der Waals surface area (Å²) < 4.78 is 5.25. The maximum Gasteiger partial charge on any atom is 0.341 e. The average molecular weight is 430 g/mol. The lowest BCUT2D eigenvalue weighted by Crippen LogP contribution is -2.36. The Kier molecular flexibility index (Phi) is 6.92. The lowest BCUT2D eigenvalue weighted by atomic mass is 9.79. The molecule has 1 amide bonds. The van der Waals surface area contributed by atoms with Crippen LogP contribution in [0.25, 0.3) is 11.1 Å². The highest BCUT2D eigenvalue weighted by molar-refractivity contribution is 7.15. The Balaban J connectivity index is 1.95. The fourth-order valence-corrected chi connectivity index (χ4v) is 4.88. The first-order chi connectivity index (χ1) is 14.3. The van der Waals surface area contributed by atoms with E-state index >= 15 is 0 Å². The Hall–Kier alpha value is -2.67. The molecule has 1 aliphatic rings. The number of benzene rings is 1. The van der Waals surface area contributed by atoms with Crippen LogP contribution < -0.4 is 5.32 Å². The molecule has 1 aromatic heterocycles. The smallest absolute Gasteiger partial charge is 0.341 e. The molecule has 0 spiro atoms. The van der Waals surface area contributed by atoms with Gasteiger partial charge in [-0.1, -0.05) is 31.0 Å². The molecule has 0 aliphatic heterocycles. The molecule has 160 valence electrons. The quantitative estimate of drug-likeness (QED) is 0.628. The second-order valence-corrected chi connectivity index (χ2v) is 8.58. The van der Waals surface area contributed by atoms with Crippen LogP contribution in [0.15, 0.2) is 23.6 Å². The minimum Gasteiger partial charge on any atom is -0.481 e. The molecular weight excluding hydrogens is 402 g/mol. The van der Waals surface area contributed by atoms with Crippen LogP contribution >= 0.6 is 11.3 Å². The third-order valence-electron chi connectivity index (χ3n) is 5.75. The first-order valence-electron chi connectivity index (χ1n) is 10.2. The first-order valence-corrected chi connectivity index (χ1v) is 11.1. The molecule has 2 atom stereocenters. The summed E-state index contributed by atoms with van der Waals surface area (Å²) in [4.78, 5) is 37.3. The topological polar surface area (TPSA) is 92.7 Å². The van der Waals surface area contributed by atoms with E-state index in [0.717, 1.165) is 29.5 Å². The van der Waals surface area contributed by atoms with Gasteiger partial charge in [-0.25, -0.2) is 4.79 Å². The molecule has 3 rings (SSSR count). The van der Waals surface area contributed by atoms with Crippen molar-refractivity contribution in [2.75, 3.05) is 11.9 Å². The van der Waals surface area contributed by atoms with Crippen LogP contribution in [0.1, 0.15) is 54.1 Å². The summed E-state index contributed by atoms with van der Waals surface area (Å²) >= 11 is 1.26. The molecule has 2 N–H and O–H groups in total. The number of aryl methyl sites for hydroxylation is 2. The highest BCUT2D eigenvalue weighted by atomic mass is 32.1. The number of anilines is 1. The predicted molar refractivity (Wildman–Crippen MR) is 117 cm³/mol. The summed E-state index contributed by atoms with van der Waals surface area (Å²) in [6.45, 7) is 5.98. The van der Waals surface area contributed by atoms with Crippen LogP contribution in [0.2, 0.25) is 0 Å². The molecule has 0 saturated heterocycles. The molecule has 1 heterocycles. The second kappa shape index (κ2) is 9.43. The molecule has 1 fully saturated rings. The summed E-state index contributed by atoms with van der Waals surface area (Å²) in [5.74, 6) is -3.08. The van der Waals surface area contributed by atoms with E-state index in [9.17, 15) is 19.5 Å². The largest absolute Gasteiger partial charge is 0.481 e. The number of esters is 1. The number of amides is 1. The number of hydrogen-bond donors (Lipinski definition) is 2. The SMILES string of the molecule is CCOC(=O)c1c(-c2ccc(C)c(C)c2)csc1NC(=O)[C@@H]1CCCC[C@H]1C(=O)O. The van der Waals surface area contributed by atoms with Crippen LogP contribution in [0.4, 0.5) is 5.00 Å². The van der Waals surface area contributed by atoms with E-state index in [1.165, 1.54) is 11.3 Å². The number of carbonyl (C=O) groups excluding carboxylic acids is 2. The predicted octanol–water partition coefficient (Wildman–Crippen LogP) is 5.04. The fourth-order valence-electron chi connectivity index (χ4n) is 3.92. The van der Waals surface area contributed by atoms with Crippen molar-refractivity contribution >= 4 is 34.2 Å². The molecule has 0 radical (unpaired) electrons. The van der Waals surface area contributed by atoms with Gasteiger partial charge < -0.3 is 15.2 Å². The van der Waals surface area contributed by atoms with Crippen molar-refractivity contribution in [2.45, 2.75) is 46.5 Å². The first kappa shape index (κ1) is 22.0. The van der Waals surface area contributed by atoms with Crippen LogP contribution in [0, 0.1) is 25.7 Å². The monoisotopic (exact) mass is 429 g/mol. The van der Waals surface area contributed by atoms with Crippen LogP contribution in [0.5, 0.6) is 0 Å². The van der Waals surface area contributed by atoms with Gasteiger partial charge in [-0.15, -0.1) is 11.3 Å². The zero-order valence-electron chi connectivity index (χ0n) is 17.5. The normalized spacial score (nSPS) is 18.6. The van der Waals surface area contributed by atoms with Gasteiger partial charge in [-0.2, -0.15) is 0 Å². The molecule has 1 aromatic carbocycles. The van der Waals surface area contributed by atoms with Gasteiger partial charge >= 0.3 is 11.9 Å². The third kappa shape index (κ3) is 4.56. The van der Waals surface area contributed by atoms with E-state index in [1.54, 1.807) is 6.92 Å². The van der Waals surface area contributed by atoms with Crippen molar-refractivity contribution in [3.05, 3.63) is 40.3 Å². The number of nitrogens with one attached hydrogen (secondary N) is 1. The second-order valence-electron chi connectivity index (χ2n) is 7.70. The van der Waals surface area contributed by atoms with E-state index in [2.05, 4.69) is 5.32 Å². The van der Waals surface area contributed by atoms with Crippen molar-refractivity contribution in [2.24, 2.45) is 11.8 Å². The van der Waals surface area contributed by atoms with Crippen LogP contribution in [-0.4, -0.2) is 29.6 Å². The van der Waals surface area contributed by atoms with Gasteiger partial charge in [0.15, 0.2) is 0 Å². The molecule has 30 heavy (non-hydrogen) atoms. The van der Waals surface area contributed by atoms with Crippen LogP contribution in [0.3, 0.4) is 0 Å². The molecule has 1 saturated carbocycles. The third-order valence-corrected chi connectivity index (χ3v) is 6.64. The highest BCUT2D eigenvalue weighted by Crippen LogP contribution is 2.38. The zero-order valence-corrected chi connectivity index (χ0v) is 18.3. The van der Waals surface area contributed by atoms with Gasteiger partial charge in [0.1, 0.15) is 10.6 Å². The highest BCUT2D eigenvalue weighted by Gasteiger charge is 2.36. The molecule has 6 nitrogen and oxygen atoms in total. The molecule has 0 bridgehead atoms. The maximum atomic E-state index is 12.9. The standard InChI is InChI=1S/C23H27NO5S/c1-4-29-23(28)19-18(15-10-9-13(2)14(3)11-15)12-30-21(19)24-20(25)16-7-5-6-8-17(16)22(26)27/h9-12,16-17H,4-8H2,1-3H3,(H,24,25)(H,26,27)/t16-,17-/m1/s1. The minimum absolute atomic E-state index is 0.220. The van der Waals surface area contributed by atoms with Crippen molar-refractivity contribution in [3.63, 3.8) is 0 Å². The zero-order chi connectivity index (χ0) is 21.8. The van der Waals surface area contributed by atoms with Crippen molar-refractivity contribution in [1.29, 1.82) is 0 Å². The minimum atomic E-state index is -0.942. The van der Waals surface area contributed by atoms with Crippen LogP contribution in [-0.2, 0) is 14.3 Å². The Bertz CT molecular complexity index is 964. The average Bonchev–Trinajstić information content (AvgIpc) is 3.13. The van der Waals surface area contributed by atoms with E-state index in [1.807, 2.05) is 37.4 Å². The number of rotatable bonds is 6. The Morgan fingerprint density at radius 2 is 1.83 bits per heavy atom. The fraction of sp³-hybridized carbons (Fsp3) is 0.435.